The van der Waals surface area contributed by atoms with Crippen molar-refractivity contribution in [2.24, 2.45) is 0 Å². The number of ether oxygens (including phenoxy) is 1. The molecule has 2 aliphatic heterocycles. The number of carbonyl (C=O) groups is 1. The topological polar surface area (TPSA) is 36.0 Å². The van der Waals surface area contributed by atoms with Gasteiger partial charge in [0.05, 0.1) is 0 Å². The molecule has 1 aromatic carbocycles. The minimum atomic E-state index is -0.416. The Morgan fingerprint density at radius 1 is 1.00 bits per heavy atom. The predicted octanol–water partition coefficient (Wildman–Crippen LogP) is 3.25. The van der Waals surface area contributed by atoms with E-state index in [0.717, 1.165) is 39.1 Å². The van der Waals surface area contributed by atoms with Gasteiger partial charge in [0.15, 0.2) is 0 Å². The van der Waals surface area contributed by atoms with E-state index in [1.54, 1.807) is 0 Å². The summed E-state index contributed by atoms with van der Waals surface area (Å²) < 4.78 is 5.50. The number of hydrogen-bond acceptors (Lipinski definition) is 4. The molecule has 0 atom stereocenters. The third kappa shape index (κ3) is 6.22. The van der Waals surface area contributed by atoms with E-state index in [4.69, 9.17) is 4.74 Å². The summed E-state index contributed by atoms with van der Waals surface area (Å²) in [6, 6.07) is 11.4. The van der Waals surface area contributed by atoms with Gasteiger partial charge in [-0.1, -0.05) is 30.3 Å². The Morgan fingerprint density at radius 3 is 2.22 bits per heavy atom. The Hall–Kier alpha value is -1.59. The first kappa shape index (κ1) is 20.2. The van der Waals surface area contributed by atoms with Gasteiger partial charge in [-0.05, 0) is 58.7 Å². The summed E-state index contributed by atoms with van der Waals surface area (Å²) in [6.45, 7) is 12.8. The Labute approximate surface area is 164 Å². The van der Waals surface area contributed by atoms with Gasteiger partial charge in [0, 0.05) is 38.8 Å². The molecule has 1 amide bonds. The monoisotopic (exact) mass is 373 g/mol. The lowest BCUT2D eigenvalue weighted by Gasteiger charge is -2.42. The minimum Gasteiger partial charge on any atom is -0.444 e. The average molecular weight is 374 g/mol. The van der Waals surface area contributed by atoms with Crippen LogP contribution in [0.25, 0.3) is 0 Å². The normalized spacial score (nSPS) is 20.6. The van der Waals surface area contributed by atoms with Crippen LogP contribution >= 0.6 is 0 Å². The maximum atomic E-state index is 12.2. The molecule has 0 radical (unpaired) electrons. The summed E-state index contributed by atoms with van der Waals surface area (Å²) in [6.07, 6.45) is 3.44. The van der Waals surface area contributed by atoms with Gasteiger partial charge in [-0.2, -0.15) is 0 Å². The SMILES string of the molecule is CC(C)(C)OC(=O)N1CCN(C2CCN(CCc3ccccc3)CC2)CC1. The summed E-state index contributed by atoms with van der Waals surface area (Å²) in [7, 11) is 0. The van der Waals surface area contributed by atoms with Crippen LogP contribution in [-0.2, 0) is 11.2 Å². The van der Waals surface area contributed by atoms with Crippen molar-refractivity contribution in [2.75, 3.05) is 45.8 Å². The second-order valence-electron chi connectivity index (χ2n) is 8.81. The zero-order chi connectivity index (χ0) is 19.3. The molecule has 2 heterocycles. The fourth-order valence-corrected chi connectivity index (χ4v) is 4.04. The highest BCUT2D eigenvalue weighted by Crippen LogP contribution is 2.20. The highest BCUT2D eigenvalue weighted by Gasteiger charge is 2.30. The van der Waals surface area contributed by atoms with E-state index in [9.17, 15) is 4.79 Å². The van der Waals surface area contributed by atoms with Crippen LogP contribution in [0.3, 0.4) is 0 Å². The number of hydrogen-bond donors (Lipinski definition) is 0. The van der Waals surface area contributed by atoms with Crippen LogP contribution in [0.2, 0.25) is 0 Å². The first-order valence-electron chi connectivity index (χ1n) is 10.4. The van der Waals surface area contributed by atoms with Crippen molar-refractivity contribution in [3.63, 3.8) is 0 Å². The number of benzene rings is 1. The molecule has 0 aliphatic carbocycles. The van der Waals surface area contributed by atoms with E-state index in [2.05, 4.69) is 40.1 Å². The second kappa shape index (κ2) is 9.07. The highest BCUT2D eigenvalue weighted by atomic mass is 16.6. The molecule has 5 nitrogen and oxygen atoms in total. The number of amides is 1. The van der Waals surface area contributed by atoms with E-state index in [0.29, 0.717) is 6.04 Å². The van der Waals surface area contributed by atoms with Crippen molar-refractivity contribution in [3.8, 4) is 0 Å². The standard InChI is InChI=1S/C22H35N3O2/c1-22(2,3)27-21(26)25-17-15-24(16-18-25)20-10-13-23(14-11-20)12-9-19-7-5-4-6-8-19/h4-8,20H,9-18H2,1-3H3. The smallest absolute Gasteiger partial charge is 0.410 e. The lowest BCUT2D eigenvalue weighted by molar-refractivity contribution is 0.00585. The van der Waals surface area contributed by atoms with Crippen LogP contribution in [0.15, 0.2) is 30.3 Å². The maximum Gasteiger partial charge on any atom is 0.410 e. The summed E-state index contributed by atoms with van der Waals surface area (Å²) >= 11 is 0. The summed E-state index contributed by atoms with van der Waals surface area (Å²) in [5, 5.41) is 0. The summed E-state index contributed by atoms with van der Waals surface area (Å²) in [4.78, 5) is 19.2. The third-order valence-corrected chi connectivity index (χ3v) is 5.60. The van der Waals surface area contributed by atoms with Crippen molar-refractivity contribution in [1.82, 2.24) is 14.7 Å². The Morgan fingerprint density at radius 2 is 1.63 bits per heavy atom. The molecule has 0 saturated carbocycles. The van der Waals surface area contributed by atoms with Gasteiger partial charge in [-0.25, -0.2) is 4.79 Å². The molecule has 27 heavy (non-hydrogen) atoms. The molecule has 150 valence electrons. The molecule has 3 rings (SSSR count). The lowest BCUT2D eigenvalue weighted by Crippen LogP contribution is -2.55. The molecule has 2 saturated heterocycles. The van der Waals surface area contributed by atoms with Crippen molar-refractivity contribution in [3.05, 3.63) is 35.9 Å². The van der Waals surface area contributed by atoms with E-state index in [-0.39, 0.29) is 6.09 Å². The summed E-state index contributed by atoms with van der Waals surface area (Å²) in [5.41, 5.74) is 1.01. The van der Waals surface area contributed by atoms with Gasteiger partial charge >= 0.3 is 6.09 Å². The molecular weight excluding hydrogens is 338 g/mol. The molecule has 0 spiro atoms. The van der Waals surface area contributed by atoms with Gasteiger partial charge in [0.2, 0.25) is 0 Å². The van der Waals surface area contributed by atoms with Crippen LogP contribution in [0, 0.1) is 0 Å². The molecule has 5 heteroatoms. The molecular formula is C22H35N3O2. The first-order chi connectivity index (χ1) is 12.9. The molecule has 0 aromatic heterocycles. The van der Waals surface area contributed by atoms with E-state index in [1.807, 2.05) is 25.7 Å². The molecule has 2 aliphatic rings. The second-order valence-corrected chi connectivity index (χ2v) is 8.81. The largest absolute Gasteiger partial charge is 0.444 e. The quantitative estimate of drug-likeness (QED) is 0.812. The fourth-order valence-electron chi connectivity index (χ4n) is 4.04. The maximum absolute atomic E-state index is 12.2. The van der Waals surface area contributed by atoms with Crippen molar-refractivity contribution in [1.29, 1.82) is 0 Å². The third-order valence-electron chi connectivity index (χ3n) is 5.60. The van der Waals surface area contributed by atoms with Crippen molar-refractivity contribution in [2.45, 2.75) is 51.7 Å². The molecule has 2 fully saturated rings. The van der Waals surface area contributed by atoms with Crippen molar-refractivity contribution < 1.29 is 9.53 Å². The minimum absolute atomic E-state index is 0.169. The molecule has 0 N–H and O–H groups in total. The fraction of sp³-hybridized carbons (Fsp3) is 0.682. The average Bonchev–Trinajstić information content (AvgIpc) is 2.66. The Balaban J connectivity index is 1.36. The van der Waals surface area contributed by atoms with Crippen molar-refractivity contribution >= 4 is 6.09 Å². The summed E-state index contributed by atoms with van der Waals surface area (Å²) in [5.74, 6) is 0. The van der Waals surface area contributed by atoms with Gasteiger partial charge in [0.25, 0.3) is 0 Å². The highest BCUT2D eigenvalue weighted by molar-refractivity contribution is 5.68. The van der Waals surface area contributed by atoms with Gasteiger partial charge in [-0.15, -0.1) is 0 Å². The lowest BCUT2D eigenvalue weighted by atomic mass is 10.0. The Bertz CT molecular complexity index is 583. The zero-order valence-electron chi connectivity index (χ0n) is 17.2. The number of rotatable bonds is 4. The van der Waals surface area contributed by atoms with Crippen LogP contribution in [0.4, 0.5) is 4.79 Å². The number of piperazine rings is 1. The first-order valence-corrected chi connectivity index (χ1v) is 10.4. The number of nitrogens with zero attached hydrogens (tertiary/aromatic N) is 3. The van der Waals surface area contributed by atoms with E-state index >= 15 is 0 Å². The molecule has 0 unspecified atom stereocenters. The van der Waals surface area contributed by atoms with Crippen LogP contribution in [0.5, 0.6) is 0 Å². The number of carbonyl (C=O) groups excluding carboxylic acids is 1. The van der Waals surface area contributed by atoms with Gasteiger partial charge in [-0.3, -0.25) is 4.90 Å². The van der Waals surface area contributed by atoms with Gasteiger partial charge in [0.1, 0.15) is 5.60 Å². The number of likely N-dealkylation sites (tertiary alicyclic amines) is 1. The number of piperidine rings is 1. The van der Waals surface area contributed by atoms with E-state index < -0.39 is 5.60 Å². The Kier molecular flexibility index (Phi) is 6.77. The van der Waals surface area contributed by atoms with Crippen LogP contribution in [0.1, 0.15) is 39.2 Å². The van der Waals surface area contributed by atoms with Crippen LogP contribution in [-0.4, -0.2) is 78.2 Å². The predicted molar refractivity (Wildman–Crippen MR) is 109 cm³/mol. The molecule has 0 bridgehead atoms. The van der Waals surface area contributed by atoms with E-state index in [1.165, 1.54) is 31.5 Å². The zero-order valence-corrected chi connectivity index (χ0v) is 17.2. The van der Waals surface area contributed by atoms with Crippen LogP contribution < -0.4 is 0 Å². The molecule has 1 aromatic rings. The van der Waals surface area contributed by atoms with Gasteiger partial charge < -0.3 is 14.5 Å².